The second kappa shape index (κ2) is 8.19. The minimum atomic E-state index is -0.147. The van der Waals surface area contributed by atoms with Crippen molar-refractivity contribution in [1.29, 1.82) is 0 Å². The van der Waals surface area contributed by atoms with E-state index in [2.05, 4.69) is 17.1 Å². The largest absolute Gasteiger partial charge is 0.375 e. The second-order valence-electron chi connectivity index (χ2n) is 7.48. The van der Waals surface area contributed by atoms with Gasteiger partial charge >= 0.3 is 0 Å². The highest BCUT2D eigenvalue weighted by molar-refractivity contribution is 5.93. The minimum absolute atomic E-state index is 0.0608. The van der Waals surface area contributed by atoms with E-state index in [1.54, 1.807) is 18.5 Å². The van der Waals surface area contributed by atoms with Gasteiger partial charge in [0, 0.05) is 38.5 Å². The van der Waals surface area contributed by atoms with Crippen LogP contribution in [0.3, 0.4) is 0 Å². The molecule has 3 heterocycles. The Balaban J connectivity index is 1.31. The number of rotatable bonds is 4. The molecule has 1 unspecified atom stereocenters. The predicted molar refractivity (Wildman–Crippen MR) is 102 cm³/mol. The van der Waals surface area contributed by atoms with Crippen LogP contribution in [0.1, 0.15) is 41.6 Å². The van der Waals surface area contributed by atoms with E-state index in [0.717, 1.165) is 45.4 Å². The first-order valence-corrected chi connectivity index (χ1v) is 9.73. The number of carbonyl (C=O) groups is 1. The van der Waals surface area contributed by atoms with Crippen LogP contribution in [0.15, 0.2) is 54.9 Å². The fraction of sp³-hybridized carbons (Fsp3) is 0.455. The standard InChI is InChI=1S/C22H26N2O3/c25-21(19-7-4-11-23-16-19)24-12-9-22(10-13-24)15-20(8-14-27-22)26-17-18-5-2-1-3-6-18/h1-7,11,16,20H,8-10,12-15,17H2. The molecule has 2 saturated heterocycles. The van der Waals surface area contributed by atoms with Gasteiger partial charge in [0.15, 0.2) is 0 Å². The van der Waals surface area contributed by atoms with Crippen molar-refractivity contribution in [3.05, 3.63) is 66.0 Å². The summed E-state index contributed by atoms with van der Waals surface area (Å²) in [6, 6.07) is 13.9. The molecule has 1 amide bonds. The molecular weight excluding hydrogens is 340 g/mol. The van der Waals surface area contributed by atoms with Crippen molar-refractivity contribution in [3.63, 3.8) is 0 Å². The van der Waals surface area contributed by atoms with Crippen molar-refractivity contribution in [2.75, 3.05) is 19.7 Å². The number of aromatic nitrogens is 1. The summed E-state index contributed by atoms with van der Waals surface area (Å²) in [7, 11) is 0. The van der Waals surface area contributed by atoms with Crippen LogP contribution < -0.4 is 0 Å². The summed E-state index contributed by atoms with van der Waals surface area (Å²) in [4.78, 5) is 18.6. The summed E-state index contributed by atoms with van der Waals surface area (Å²) in [5, 5.41) is 0. The Labute approximate surface area is 160 Å². The average molecular weight is 366 g/mol. The van der Waals surface area contributed by atoms with Crippen molar-refractivity contribution >= 4 is 5.91 Å². The second-order valence-corrected chi connectivity index (χ2v) is 7.48. The lowest BCUT2D eigenvalue weighted by molar-refractivity contribution is -0.154. The van der Waals surface area contributed by atoms with E-state index in [-0.39, 0.29) is 17.6 Å². The lowest BCUT2D eigenvalue weighted by atomic mass is 9.83. The van der Waals surface area contributed by atoms with Crippen LogP contribution in [0.25, 0.3) is 0 Å². The van der Waals surface area contributed by atoms with Crippen LogP contribution in [-0.4, -0.2) is 47.2 Å². The van der Waals surface area contributed by atoms with Crippen molar-refractivity contribution in [2.45, 2.75) is 44.0 Å². The monoisotopic (exact) mass is 366 g/mol. The predicted octanol–water partition coefficient (Wildman–Crippen LogP) is 3.45. The van der Waals surface area contributed by atoms with Gasteiger partial charge in [0.05, 0.1) is 23.9 Å². The van der Waals surface area contributed by atoms with Gasteiger partial charge in [-0.1, -0.05) is 30.3 Å². The fourth-order valence-corrected chi connectivity index (χ4v) is 4.05. The molecule has 1 aromatic carbocycles. The Kier molecular flexibility index (Phi) is 5.50. The zero-order valence-corrected chi connectivity index (χ0v) is 15.5. The van der Waals surface area contributed by atoms with Gasteiger partial charge in [0.1, 0.15) is 0 Å². The van der Waals surface area contributed by atoms with Crippen molar-refractivity contribution in [1.82, 2.24) is 9.88 Å². The summed E-state index contributed by atoms with van der Waals surface area (Å²) < 4.78 is 12.4. The summed E-state index contributed by atoms with van der Waals surface area (Å²) in [5.41, 5.74) is 1.71. The molecule has 2 aliphatic heterocycles. The van der Waals surface area contributed by atoms with Crippen LogP contribution in [0.4, 0.5) is 0 Å². The number of carbonyl (C=O) groups excluding carboxylic acids is 1. The van der Waals surface area contributed by atoms with Crippen LogP contribution >= 0.6 is 0 Å². The van der Waals surface area contributed by atoms with Gasteiger partial charge < -0.3 is 14.4 Å². The average Bonchev–Trinajstić information content (AvgIpc) is 2.74. The molecule has 0 N–H and O–H groups in total. The molecule has 1 aromatic heterocycles. The molecule has 0 saturated carbocycles. The number of hydrogen-bond donors (Lipinski definition) is 0. The molecule has 4 rings (SSSR count). The van der Waals surface area contributed by atoms with Gasteiger partial charge in [0.25, 0.3) is 5.91 Å². The molecule has 2 aliphatic rings. The quantitative estimate of drug-likeness (QED) is 0.832. The molecule has 0 bridgehead atoms. The Morgan fingerprint density at radius 2 is 2.00 bits per heavy atom. The highest BCUT2D eigenvalue weighted by Crippen LogP contribution is 2.36. The number of likely N-dealkylation sites (tertiary alicyclic amines) is 1. The third-order valence-electron chi connectivity index (χ3n) is 5.65. The lowest BCUT2D eigenvalue weighted by Gasteiger charge is -2.46. The zero-order valence-electron chi connectivity index (χ0n) is 15.5. The number of benzene rings is 1. The number of piperidine rings is 1. The Morgan fingerprint density at radius 1 is 1.19 bits per heavy atom. The lowest BCUT2D eigenvalue weighted by Crippen LogP contribution is -2.52. The zero-order chi connectivity index (χ0) is 18.5. The first-order valence-electron chi connectivity index (χ1n) is 9.73. The number of ether oxygens (including phenoxy) is 2. The van der Waals surface area contributed by atoms with E-state index in [9.17, 15) is 4.79 Å². The van der Waals surface area contributed by atoms with Crippen LogP contribution in [0.2, 0.25) is 0 Å². The Hall–Kier alpha value is -2.24. The summed E-state index contributed by atoms with van der Waals surface area (Å²) in [6.07, 6.45) is 7.13. The highest BCUT2D eigenvalue weighted by Gasteiger charge is 2.41. The number of nitrogens with zero attached hydrogens (tertiary/aromatic N) is 2. The number of amides is 1. The highest BCUT2D eigenvalue weighted by atomic mass is 16.5. The molecule has 5 nitrogen and oxygen atoms in total. The minimum Gasteiger partial charge on any atom is -0.375 e. The molecule has 2 aromatic rings. The number of hydrogen-bond acceptors (Lipinski definition) is 4. The van der Waals surface area contributed by atoms with Crippen LogP contribution in [0.5, 0.6) is 0 Å². The first kappa shape index (κ1) is 18.1. The molecule has 5 heteroatoms. The first-order chi connectivity index (χ1) is 13.2. The van der Waals surface area contributed by atoms with E-state index in [4.69, 9.17) is 9.47 Å². The SMILES string of the molecule is O=C(c1cccnc1)N1CCC2(CC1)CC(OCc1ccccc1)CCO2. The Bertz CT molecular complexity index is 743. The van der Waals surface area contributed by atoms with Gasteiger partial charge in [-0.15, -0.1) is 0 Å². The summed E-state index contributed by atoms with van der Waals surface area (Å²) in [5.74, 6) is 0.0608. The summed E-state index contributed by atoms with van der Waals surface area (Å²) in [6.45, 7) is 2.82. The van der Waals surface area contributed by atoms with Crippen molar-refractivity contribution < 1.29 is 14.3 Å². The number of pyridine rings is 1. The van der Waals surface area contributed by atoms with E-state index >= 15 is 0 Å². The van der Waals surface area contributed by atoms with E-state index in [1.807, 2.05) is 29.2 Å². The molecule has 142 valence electrons. The maximum atomic E-state index is 12.6. The third-order valence-corrected chi connectivity index (χ3v) is 5.65. The van der Waals surface area contributed by atoms with Gasteiger partial charge in [-0.25, -0.2) is 0 Å². The third kappa shape index (κ3) is 4.37. The Morgan fingerprint density at radius 3 is 2.74 bits per heavy atom. The molecule has 27 heavy (non-hydrogen) atoms. The van der Waals surface area contributed by atoms with E-state index in [1.165, 1.54) is 5.56 Å². The van der Waals surface area contributed by atoms with Crippen molar-refractivity contribution in [3.8, 4) is 0 Å². The van der Waals surface area contributed by atoms with Gasteiger partial charge in [-0.2, -0.15) is 0 Å². The topological polar surface area (TPSA) is 51.7 Å². The molecule has 2 fully saturated rings. The van der Waals surface area contributed by atoms with Crippen LogP contribution in [-0.2, 0) is 16.1 Å². The van der Waals surface area contributed by atoms with Gasteiger partial charge in [-0.05, 0) is 37.0 Å². The molecule has 1 spiro atoms. The molecule has 1 atom stereocenters. The molecule has 0 radical (unpaired) electrons. The smallest absolute Gasteiger partial charge is 0.255 e. The fourth-order valence-electron chi connectivity index (χ4n) is 4.05. The van der Waals surface area contributed by atoms with E-state index in [0.29, 0.717) is 12.2 Å². The van der Waals surface area contributed by atoms with Gasteiger partial charge in [0.2, 0.25) is 0 Å². The summed E-state index contributed by atoms with van der Waals surface area (Å²) >= 11 is 0. The maximum absolute atomic E-state index is 12.6. The molecule has 0 aliphatic carbocycles. The van der Waals surface area contributed by atoms with Crippen LogP contribution in [0, 0.1) is 0 Å². The van der Waals surface area contributed by atoms with Gasteiger partial charge in [-0.3, -0.25) is 9.78 Å². The molecular formula is C22H26N2O3. The van der Waals surface area contributed by atoms with Crippen molar-refractivity contribution in [2.24, 2.45) is 0 Å². The normalized spacial score (nSPS) is 21.9. The van der Waals surface area contributed by atoms with E-state index < -0.39 is 0 Å². The maximum Gasteiger partial charge on any atom is 0.255 e.